The molecule has 0 fully saturated rings. The third-order valence-electron chi connectivity index (χ3n) is 3.03. The number of hydrogen-bond donors (Lipinski definition) is 1. The minimum Gasteiger partial charge on any atom is -0.461 e. The van der Waals surface area contributed by atoms with Crippen molar-refractivity contribution in [3.63, 3.8) is 0 Å². The van der Waals surface area contributed by atoms with Crippen molar-refractivity contribution in [3.05, 3.63) is 22.1 Å². The molecule has 25 heavy (non-hydrogen) atoms. The topological polar surface area (TPSA) is 131 Å². The van der Waals surface area contributed by atoms with Gasteiger partial charge in [0.15, 0.2) is 6.10 Å². The summed E-state index contributed by atoms with van der Waals surface area (Å²) in [5.41, 5.74) is 10.3. The van der Waals surface area contributed by atoms with Gasteiger partial charge in [-0.15, -0.1) is 11.3 Å². The van der Waals surface area contributed by atoms with Crippen LogP contribution in [0, 0.1) is 0 Å². The maximum absolute atomic E-state index is 12.4. The monoisotopic (exact) mass is 368 g/mol. The number of carbonyl (C=O) groups excluding carboxylic acids is 3. The first-order chi connectivity index (χ1) is 11.9. The van der Waals surface area contributed by atoms with Crippen LogP contribution in [0.25, 0.3) is 5.53 Å². The van der Waals surface area contributed by atoms with Crippen molar-refractivity contribution in [2.24, 2.45) is 0 Å². The maximum atomic E-state index is 12.4. The molecule has 10 heteroatoms. The van der Waals surface area contributed by atoms with Gasteiger partial charge in [-0.2, -0.15) is 4.79 Å². The first-order valence-corrected chi connectivity index (χ1v) is 8.45. The molecule has 0 aromatic carbocycles. The molecule has 1 rings (SSSR count). The standard InChI is InChI=1S/C15H20N4O5S/c1-9(2)24-15(22)11(5-4-10(20)6-18-16)19-14(21)13(23-3)12-7-25-8-17-12/h6-9,11,13H,4-5H2,1-3H3,(H,19,21)/t11-,13-/m0/s1. The lowest BCUT2D eigenvalue weighted by molar-refractivity contribution is -0.153. The van der Waals surface area contributed by atoms with Crippen LogP contribution in [0.1, 0.15) is 38.5 Å². The summed E-state index contributed by atoms with van der Waals surface area (Å²) >= 11 is 1.31. The number of carbonyl (C=O) groups is 3. The molecule has 1 heterocycles. The number of ether oxygens (including phenoxy) is 2. The molecule has 1 N–H and O–H groups in total. The van der Waals surface area contributed by atoms with E-state index in [1.165, 1.54) is 18.4 Å². The van der Waals surface area contributed by atoms with E-state index in [-0.39, 0.29) is 18.9 Å². The fraction of sp³-hybridized carbons (Fsp3) is 0.533. The Morgan fingerprint density at radius 1 is 1.44 bits per heavy atom. The van der Waals surface area contributed by atoms with Crippen LogP contribution >= 0.6 is 11.3 Å². The average molecular weight is 368 g/mol. The molecule has 1 amide bonds. The molecule has 0 radical (unpaired) electrons. The van der Waals surface area contributed by atoms with E-state index in [0.29, 0.717) is 5.69 Å². The van der Waals surface area contributed by atoms with Crippen LogP contribution in [0.4, 0.5) is 0 Å². The van der Waals surface area contributed by atoms with Crippen LogP contribution in [-0.2, 0) is 23.9 Å². The summed E-state index contributed by atoms with van der Waals surface area (Å²) in [6.07, 6.45) is -0.722. The van der Waals surface area contributed by atoms with Crippen molar-refractivity contribution in [2.75, 3.05) is 7.11 Å². The summed E-state index contributed by atoms with van der Waals surface area (Å²) in [7, 11) is 1.35. The van der Waals surface area contributed by atoms with Crippen LogP contribution in [0.15, 0.2) is 10.9 Å². The maximum Gasteiger partial charge on any atom is 0.328 e. The summed E-state index contributed by atoms with van der Waals surface area (Å²) in [6.45, 7) is 3.35. The molecule has 0 aliphatic carbocycles. The van der Waals surface area contributed by atoms with Crippen LogP contribution in [0.2, 0.25) is 0 Å². The van der Waals surface area contributed by atoms with E-state index < -0.39 is 29.8 Å². The van der Waals surface area contributed by atoms with Gasteiger partial charge in [-0.3, -0.25) is 9.59 Å². The van der Waals surface area contributed by atoms with Gasteiger partial charge in [-0.1, -0.05) is 0 Å². The molecule has 136 valence electrons. The Kier molecular flexibility index (Phi) is 8.62. The van der Waals surface area contributed by atoms with Crippen molar-refractivity contribution in [1.82, 2.24) is 10.3 Å². The number of rotatable bonds is 10. The highest BCUT2D eigenvalue weighted by Crippen LogP contribution is 2.17. The summed E-state index contributed by atoms with van der Waals surface area (Å²) in [4.78, 5) is 42.7. The van der Waals surface area contributed by atoms with Crippen LogP contribution in [0.5, 0.6) is 0 Å². The lowest BCUT2D eigenvalue weighted by Gasteiger charge is -2.21. The Labute approximate surface area is 149 Å². The van der Waals surface area contributed by atoms with Gasteiger partial charge in [0, 0.05) is 18.9 Å². The molecule has 1 aromatic rings. The molecule has 0 aliphatic rings. The SMILES string of the molecule is CO[C@H](C(=O)N[C@@H](CCC(=O)C=[N+]=[N-])C(=O)OC(C)C)c1cscn1. The smallest absolute Gasteiger partial charge is 0.328 e. The van der Waals surface area contributed by atoms with E-state index in [1.54, 1.807) is 24.7 Å². The second kappa shape index (κ2) is 10.4. The van der Waals surface area contributed by atoms with Crippen molar-refractivity contribution in [2.45, 2.75) is 44.9 Å². The number of thiazole rings is 1. The first-order valence-electron chi connectivity index (χ1n) is 7.51. The molecule has 1 aromatic heterocycles. The largest absolute Gasteiger partial charge is 0.461 e. The molecule has 0 aliphatic heterocycles. The number of nitrogens with zero attached hydrogens (tertiary/aromatic N) is 3. The number of hydrogen-bond acceptors (Lipinski definition) is 7. The van der Waals surface area contributed by atoms with Gasteiger partial charge in [0.05, 0.1) is 17.3 Å². The molecule has 2 atom stereocenters. The van der Waals surface area contributed by atoms with Crippen LogP contribution < -0.4 is 5.32 Å². The van der Waals surface area contributed by atoms with E-state index in [9.17, 15) is 14.4 Å². The van der Waals surface area contributed by atoms with Crippen LogP contribution in [-0.4, -0.2) is 52.9 Å². The molecule has 0 bridgehead atoms. The second-order valence-electron chi connectivity index (χ2n) is 5.33. The summed E-state index contributed by atoms with van der Waals surface area (Å²) in [5.74, 6) is -1.71. The fourth-order valence-electron chi connectivity index (χ4n) is 1.94. The Hall–Kier alpha value is -2.42. The predicted octanol–water partition coefficient (Wildman–Crippen LogP) is 0.917. The zero-order chi connectivity index (χ0) is 18.8. The second-order valence-corrected chi connectivity index (χ2v) is 6.04. The Balaban J connectivity index is 2.83. The number of esters is 1. The number of aromatic nitrogens is 1. The van der Waals surface area contributed by atoms with Gasteiger partial charge in [-0.25, -0.2) is 9.78 Å². The van der Waals surface area contributed by atoms with Gasteiger partial charge in [0.2, 0.25) is 5.78 Å². The summed E-state index contributed by atoms with van der Waals surface area (Å²) in [5, 5.41) is 4.19. The minimum absolute atomic E-state index is 0.00432. The summed E-state index contributed by atoms with van der Waals surface area (Å²) < 4.78 is 10.2. The van der Waals surface area contributed by atoms with E-state index >= 15 is 0 Å². The fourth-order valence-corrected chi connectivity index (χ4v) is 2.51. The normalized spacial score (nSPS) is 12.8. The third-order valence-corrected chi connectivity index (χ3v) is 3.63. The molecule has 0 saturated carbocycles. The lowest BCUT2D eigenvalue weighted by Crippen LogP contribution is -2.45. The highest BCUT2D eigenvalue weighted by Gasteiger charge is 2.29. The predicted molar refractivity (Wildman–Crippen MR) is 88.9 cm³/mol. The Bertz CT molecular complexity index is 640. The van der Waals surface area contributed by atoms with Crippen molar-refractivity contribution < 1.29 is 28.6 Å². The van der Waals surface area contributed by atoms with Crippen LogP contribution in [0.3, 0.4) is 0 Å². The van der Waals surface area contributed by atoms with Gasteiger partial charge >= 0.3 is 12.2 Å². The number of ketones is 1. The first kappa shape index (κ1) is 20.6. The molecule has 9 nitrogen and oxygen atoms in total. The van der Waals surface area contributed by atoms with Gasteiger partial charge < -0.3 is 20.3 Å². The van der Waals surface area contributed by atoms with Gasteiger partial charge in [0.1, 0.15) is 6.04 Å². The highest BCUT2D eigenvalue weighted by atomic mass is 32.1. The molecule has 0 saturated heterocycles. The Morgan fingerprint density at radius 2 is 2.16 bits per heavy atom. The number of methoxy groups -OCH3 is 1. The van der Waals surface area contributed by atoms with Gasteiger partial charge in [-0.05, 0) is 20.3 Å². The van der Waals surface area contributed by atoms with E-state index in [4.69, 9.17) is 15.0 Å². The molecular formula is C15H20N4O5S. The molecule has 0 unspecified atom stereocenters. The van der Waals surface area contributed by atoms with Crippen molar-refractivity contribution in [3.8, 4) is 0 Å². The Morgan fingerprint density at radius 3 is 2.68 bits per heavy atom. The van der Waals surface area contributed by atoms with Crippen molar-refractivity contribution in [1.29, 1.82) is 0 Å². The average Bonchev–Trinajstić information content (AvgIpc) is 3.05. The zero-order valence-electron chi connectivity index (χ0n) is 14.2. The number of nitrogens with one attached hydrogen (secondary N) is 1. The lowest BCUT2D eigenvalue weighted by atomic mass is 10.1. The third kappa shape index (κ3) is 6.92. The van der Waals surface area contributed by atoms with Gasteiger partial charge in [0.25, 0.3) is 5.91 Å². The minimum atomic E-state index is -1.04. The van der Waals surface area contributed by atoms with E-state index in [0.717, 1.165) is 6.21 Å². The molecular weight excluding hydrogens is 348 g/mol. The van der Waals surface area contributed by atoms with E-state index in [1.807, 2.05) is 0 Å². The summed E-state index contributed by atoms with van der Waals surface area (Å²) in [6, 6.07) is -1.04. The quantitative estimate of drug-likeness (QED) is 0.283. The van der Waals surface area contributed by atoms with Crippen molar-refractivity contribution >= 4 is 35.2 Å². The number of amides is 1. The number of Topliss-reactive ketones (excluding diaryl/α,β-unsaturated/α-hetero) is 1. The molecule has 0 spiro atoms. The van der Waals surface area contributed by atoms with E-state index in [2.05, 4.69) is 15.1 Å². The highest BCUT2D eigenvalue weighted by molar-refractivity contribution is 7.07. The zero-order valence-corrected chi connectivity index (χ0v) is 15.0.